The second-order valence-electron chi connectivity index (χ2n) is 9.61. The highest BCUT2D eigenvalue weighted by molar-refractivity contribution is 5.99. The number of likely N-dealkylation sites (tertiary alicyclic amines) is 2. The van der Waals surface area contributed by atoms with Gasteiger partial charge in [0.2, 0.25) is 0 Å². The predicted molar refractivity (Wildman–Crippen MR) is 137 cm³/mol. The van der Waals surface area contributed by atoms with Gasteiger partial charge in [-0.1, -0.05) is 18.2 Å². The molecule has 2 aliphatic rings. The number of carbonyl (C=O) groups is 2. The molecule has 36 heavy (non-hydrogen) atoms. The van der Waals surface area contributed by atoms with Crippen molar-refractivity contribution in [3.63, 3.8) is 0 Å². The summed E-state index contributed by atoms with van der Waals surface area (Å²) in [4.78, 5) is 29.5. The van der Waals surface area contributed by atoms with Gasteiger partial charge < -0.3 is 19.7 Å². The molecular formula is C29H27FN4O2. The van der Waals surface area contributed by atoms with E-state index in [0.29, 0.717) is 25.2 Å². The maximum Gasteiger partial charge on any atom is 0.253 e. The summed E-state index contributed by atoms with van der Waals surface area (Å²) in [5, 5.41) is 4.59. The maximum absolute atomic E-state index is 13.3. The van der Waals surface area contributed by atoms with E-state index in [4.69, 9.17) is 0 Å². The van der Waals surface area contributed by atoms with Crippen molar-refractivity contribution in [3.8, 4) is 5.69 Å². The Morgan fingerprint density at radius 2 is 1.50 bits per heavy atom. The summed E-state index contributed by atoms with van der Waals surface area (Å²) < 4.78 is 15.3. The van der Waals surface area contributed by atoms with E-state index >= 15 is 0 Å². The fourth-order valence-corrected chi connectivity index (χ4v) is 5.21. The lowest BCUT2D eigenvalue weighted by atomic mass is 10.0. The lowest BCUT2D eigenvalue weighted by Gasteiger charge is -2.41. The van der Waals surface area contributed by atoms with E-state index in [1.54, 1.807) is 12.1 Å². The van der Waals surface area contributed by atoms with Gasteiger partial charge in [-0.05, 0) is 67.1 Å². The molecule has 6 nitrogen and oxygen atoms in total. The third-order valence-corrected chi connectivity index (χ3v) is 7.18. The third kappa shape index (κ3) is 4.27. The largest absolute Gasteiger partial charge is 0.337 e. The molecule has 0 unspecified atom stereocenters. The van der Waals surface area contributed by atoms with Crippen LogP contribution in [0.15, 0.2) is 85.1 Å². The molecule has 0 saturated carbocycles. The van der Waals surface area contributed by atoms with Crippen molar-refractivity contribution in [1.29, 1.82) is 0 Å². The van der Waals surface area contributed by atoms with Crippen LogP contribution in [0.1, 0.15) is 27.1 Å². The van der Waals surface area contributed by atoms with E-state index < -0.39 is 0 Å². The summed E-state index contributed by atoms with van der Waals surface area (Å²) in [6, 6.07) is 23.9. The number of carbonyl (C=O) groups excluding carboxylic acids is 2. The molecule has 1 aromatic heterocycles. The molecule has 1 atom stereocenters. The number of amides is 2. The Hall–Kier alpha value is -3.97. The van der Waals surface area contributed by atoms with Crippen molar-refractivity contribution < 1.29 is 14.0 Å². The van der Waals surface area contributed by atoms with Crippen molar-refractivity contribution in [2.75, 3.05) is 26.2 Å². The first kappa shape index (κ1) is 22.5. The minimum Gasteiger partial charge on any atom is -0.337 e. The molecule has 0 radical (unpaired) electrons. The van der Waals surface area contributed by atoms with E-state index in [1.807, 2.05) is 75.2 Å². The van der Waals surface area contributed by atoms with Gasteiger partial charge in [0.05, 0.1) is 5.52 Å². The van der Waals surface area contributed by atoms with Gasteiger partial charge in [-0.3, -0.25) is 9.59 Å². The fourth-order valence-electron chi connectivity index (χ4n) is 5.21. The molecule has 3 aromatic carbocycles. The lowest BCUT2D eigenvalue weighted by molar-refractivity contribution is 0.0553. The quantitative estimate of drug-likeness (QED) is 0.466. The van der Waals surface area contributed by atoms with Crippen LogP contribution in [0.4, 0.5) is 4.39 Å². The minimum absolute atomic E-state index is 0.0248. The molecule has 0 spiro atoms. The van der Waals surface area contributed by atoms with E-state index in [1.165, 1.54) is 12.1 Å². The number of hydrogen-bond donors (Lipinski definition) is 1. The monoisotopic (exact) mass is 482 g/mol. The van der Waals surface area contributed by atoms with Crippen molar-refractivity contribution >= 4 is 22.7 Å². The van der Waals surface area contributed by atoms with Crippen LogP contribution in [0.5, 0.6) is 0 Å². The molecule has 7 heteroatoms. The van der Waals surface area contributed by atoms with Crippen LogP contribution in [0.2, 0.25) is 0 Å². The summed E-state index contributed by atoms with van der Waals surface area (Å²) in [6.07, 6.45) is 2.86. The Bertz CT molecular complexity index is 1410. The van der Waals surface area contributed by atoms with Gasteiger partial charge in [-0.15, -0.1) is 0 Å². The zero-order valence-electron chi connectivity index (χ0n) is 19.8. The van der Waals surface area contributed by atoms with Crippen molar-refractivity contribution in [1.82, 2.24) is 19.7 Å². The number of benzene rings is 3. The average Bonchev–Trinajstić information content (AvgIpc) is 3.53. The number of nitrogens with zero attached hydrogens (tertiary/aromatic N) is 3. The van der Waals surface area contributed by atoms with Gasteiger partial charge in [-0.2, -0.15) is 0 Å². The second-order valence-corrected chi connectivity index (χ2v) is 9.61. The number of hydrogen-bond acceptors (Lipinski definition) is 3. The molecule has 182 valence electrons. The Morgan fingerprint density at radius 1 is 0.778 bits per heavy atom. The molecule has 2 amide bonds. The molecule has 2 saturated heterocycles. The molecule has 0 bridgehead atoms. The van der Waals surface area contributed by atoms with Crippen LogP contribution in [0, 0.1) is 5.82 Å². The Balaban J connectivity index is 1.04. The van der Waals surface area contributed by atoms with Gasteiger partial charge in [0.1, 0.15) is 5.82 Å². The standard InChI is InChI=1S/C29H27FN4O2/c30-23-7-9-26(10-8-23)34-15-12-21-16-22(6-11-27(21)34)29(36)33-18-25(19-33)31-24-13-14-32(17-24)28(35)20-4-2-1-3-5-20/h1-12,15-16,24-25,31H,13-14,17-19H2/t24-/m0/s1. The predicted octanol–water partition coefficient (Wildman–Crippen LogP) is 4.10. The van der Waals surface area contributed by atoms with Crippen molar-refractivity contribution in [2.45, 2.75) is 18.5 Å². The zero-order valence-corrected chi connectivity index (χ0v) is 19.8. The highest BCUT2D eigenvalue weighted by Gasteiger charge is 2.35. The number of nitrogens with one attached hydrogen (secondary N) is 1. The number of halogens is 1. The Morgan fingerprint density at radius 3 is 2.28 bits per heavy atom. The summed E-state index contributed by atoms with van der Waals surface area (Å²) in [6.45, 7) is 2.77. The topological polar surface area (TPSA) is 57.6 Å². The minimum atomic E-state index is -0.267. The fraction of sp³-hybridized carbons (Fsp3) is 0.241. The maximum atomic E-state index is 13.3. The molecular weight excluding hydrogens is 455 g/mol. The van der Waals surface area contributed by atoms with E-state index in [-0.39, 0.29) is 29.7 Å². The second kappa shape index (κ2) is 9.24. The normalized spacial score (nSPS) is 18.0. The highest BCUT2D eigenvalue weighted by atomic mass is 19.1. The number of aromatic nitrogens is 1. The van der Waals surface area contributed by atoms with Crippen LogP contribution >= 0.6 is 0 Å². The number of fused-ring (bicyclic) bond motifs is 1. The molecule has 2 fully saturated rings. The van der Waals surface area contributed by atoms with Crippen LogP contribution in [0.25, 0.3) is 16.6 Å². The van der Waals surface area contributed by atoms with Gasteiger partial charge in [0.15, 0.2) is 0 Å². The molecule has 1 N–H and O–H groups in total. The Labute approximate surface area is 208 Å². The molecule has 2 aliphatic heterocycles. The zero-order chi connectivity index (χ0) is 24.6. The molecule has 0 aliphatic carbocycles. The van der Waals surface area contributed by atoms with E-state index in [0.717, 1.165) is 35.1 Å². The summed E-state index contributed by atoms with van der Waals surface area (Å²) >= 11 is 0. The molecule has 4 aromatic rings. The van der Waals surface area contributed by atoms with E-state index in [9.17, 15) is 14.0 Å². The first-order chi connectivity index (χ1) is 17.5. The summed E-state index contributed by atoms with van der Waals surface area (Å²) in [7, 11) is 0. The lowest BCUT2D eigenvalue weighted by Crippen LogP contribution is -2.62. The van der Waals surface area contributed by atoms with Gasteiger partial charge in [0.25, 0.3) is 11.8 Å². The smallest absolute Gasteiger partial charge is 0.253 e. The summed E-state index contributed by atoms with van der Waals surface area (Å²) in [5.74, 6) is -0.165. The number of rotatable bonds is 5. The Kier molecular flexibility index (Phi) is 5.77. The van der Waals surface area contributed by atoms with Crippen molar-refractivity contribution in [2.24, 2.45) is 0 Å². The molecule has 6 rings (SSSR count). The van der Waals surface area contributed by atoms with Crippen LogP contribution in [-0.2, 0) is 0 Å². The van der Waals surface area contributed by atoms with Crippen molar-refractivity contribution in [3.05, 3.63) is 102 Å². The van der Waals surface area contributed by atoms with Crippen LogP contribution < -0.4 is 5.32 Å². The SMILES string of the molecule is O=C(c1ccc2c(ccn2-c2ccc(F)cc2)c1)N1CC(N[C@H]2CCN(C(=O)c3ccccc3)C2)C1. The average molecular weight is 483 g/mol. The first-order valence-electron chi connectivity index (χ1n) is 12.3. The van der Waals surface area contributed by atoms with Crippen LogP contribution in [0.3, 0.4) is 0 Å². The third-order valence-electron chi connectivity index (χ3n) is 7.18. The van der Waals surface area contributed by atoms with Crippen LogP contribution in [-0.4, -0.2) is 64.4 Å². The van der Waals surface area contributed by atoms with E-state index in [2.05, 4.69) is 5.32 Å². The highest BCUT2D eigenvalue weighted by Crippen LogP contribution is 2.24. The van der Waals surface area contributed by atoms with Gasteiger partial charge in [-0.25, -0.2) is 4.39 Å². The van der Waals surface area contributed by atoms with Gasteiger partial charge >= 0.3 is 0 Å². The summed E-state index contributed by atoms with van der Waals surface area (Å²) in [5.41, 5.74) is 3.23. The first-order valence-corrected chi connectivity index (χ1v) is 12.3. The van der Waals surface area contributed by atoms with Gasteiger partial charge in [0, 0.05) is 66.7 Å². The molecule has 3 heterocycles.